The van der Waals surface area contributed by atoms with Crippen LogP contribution in [-0.4, -0.2) is 20.8 Å². The van der Waals surface area contributed by atoms with Crippen LogP contribution in [-0.2, 0) is 9.05 Å². The van der Waals surface area contributed by atoms with Crippen molar-refractivity contribution in [2.75, 3.05) is 12.4 Å². The van der Waals surface area contributed by atoms with Crippen LogP contribution in [0, 0.1) is 18.2 Å². The molecule has 1 aromatic carbocycles. The molecule has 0 saturated heterocycles. The zero-order chi connectivity index (χ0) is 15.5. The fraction of sp³-hybridized carbons (Fsp3) is 0.600. The second-order valence-corrected chi connectivity index (χ2v) is 8.72. The van der Waals surface area contributed by atoms with Crippen molar-refractivity contribution in [1.29, 1.82) is 0 Å². The van der Waals surface area contributed by atoms with Crippen LogP contribution in [0.5, 0.6) is 5.75 Å². The third-order valence-corrected chi connectivity index (χ3v) is 5.35. The van der Waals surface area contributed by atoms with Crippen molar-refractivity contribution >= 4 is 19.7 Å². The van der Waals surface area contributed by atoms with Crippen molar-refractivity contribution in [1.82, 2.24) is 0 Å². The van der Waals surface area contributed by atoms with Crippen LogP contribution >= 0.6 is 10.7 Å². The minimum Gasteiger partial charge on any atom is -0.493 e. The van der Waals surface area contributed by atoms with E-state index in [4.69, 9.17) is 15.4 Å². The smallest absolute Gasteiger partial charge is 0.233 e. The third-order valence-electron chi connectivity index (χ3n) is 4.07. The Morgan fingerprint density at radius 2 is 1.95 bits per heavy atom. The molecule has 1 aliphatic carbocycles. The zero-order valence-electron chi connectivity index (χ0n) is 12.1. The molecule has 0 N–H and O–H groups in total. The summed E-state index contributed by atoms with van der Waals surface area (Å²) in [5, 5.41) is 0. The van der Waals surface area contributed by atoms with Gasteiger partial charge in [-0.25, -0.2) is 12.8 Å². The van der Waals surface area contributed by atoms with Crippen LogP contribution < -0.4 is 4.74 Å². The van der Waals surface area contributed by atoms with Gasteiger partial charge in [-0.15, -0.1) is 0 Å². The van der Waals surface area contributed by atoms with Gasteiger partial charge >= 0.3 is 0 Å². The van der Waals surface area contributed by atoms with Crippen LogP contribution in [0.4, 0.5) is 4.39 Å². The van der Waals surface area contributed by atoms with Crippen molar-refractivity contribution in [3.8, 4) is 5.75 Å². The topological polar surface area (TPSA) is 43.4 Å². The summed E-state index contributed by atoms with van der Waals surface area (Å²) in [6, 6.07) is 4.55. The molecule has 1 aromatic rings. The molecule has 0 aliphatic heterocycles. The van der Waals surface area contributed by atoms with Gasteiger partial charge in [0.2, 0.25) is 9.05 Å². The molecular formula is C15H20ClFO3S. The van der Waals surface area contributed by atoms with Crippen molar-refractivity contribution in [2.24, 2.45) is 5.41 Å². The summed E-state index contributed by atoms with van der Waals surface area (Å²) in [5.41, 5.74) is 0.0800. The lowest BCUT2D eigenvalue weighted by Gasteiger charge is -2.35. The first-order chi connectivity index (χ1) is 9.80. The van der Waals surface area contributed by atoms with Gasteiger partial charge in [0.25, 0.3) is 0 Å². The fourth-order valence-corrected chi connectivity index (χ4v) is 4.74. The Morgan fingerprint density at radius 1 is 1.29 bits per heavy atom. The molecule has 2 rings (SSSR count). The van der Waals surface area contributed by atoms with E-state index < -0.39 is 14.5 Å². The molecule has 3 nitrogen and oxygen atoms in total. The second-order valence-electron chi connectivity index (χ2n) is 5.94. The van der Waals surface area contributed by atoms with E-state index in [9.17, 15) is 12.8 Å². The van der Waals surface area contributed by atoms with E-state index in [0.29, 0.717) is 17.9 Å². The Morgan fingerprint density at radius 3 is 2.52 bits per heavy atom. The summed E-state index contributed by atoms with van der Waals surface area (Å²) in [6.07, 6.45) is 4.66. The molecule has 0 radical (unpaired) electrons. The van der Waals surface area contributed by atoms with Crippen molar-refractivity contribution in [3.05, 3.63) is 29.6 Å². The summed E-state index contributed by atoms with van der Waals surface area (Å²) < 4.78 is 41.9. The van der Waals surface area contributed by atoms with Crippen molar-refractivity contribution < 1.29 is 17.5 Å². The minimum atomic E-state index is -3.57. The van der Waals surface area contributed by atoms with Gasteiger partial charge in [-0.3, -0.25) is 0 Å². The average Bonchev–Trinajstić information content (AvgIpc) is 2.39. The molecule has 1 saturated carbocycles. The number of benzene rings is 1. The minimum absolute atomic E-state index is 0.0677. The first-order valence-corrected chi connectivity index (χ1v) is 9.59. The van der Waals surface area contributed by atoms with E-state index >= 15 is 0 Å². The molecule has 0 atom stereocenters. The fourth-order valence-electron chi connectivity index (χ4n) is 2.94. The maximum absolute atomic E-state index is 13.2. The van der Waals surface area contributed by atoms with E-state index in [2.05, 4.69) is 0 Å². The lowest BCUT2D eigenvalue weighted by molar-refractivity contribution is 0.119. The molecular weight excluding hydrogens is 315 g/mol. The summed E-state index contributed by atoms with van der Waals surface area (Å²) in [7, 11) is 1.88. The first kappa shape index (κ1) is 16.6. The van der Waals surface area contributed by atoms with Crippen LogP contribution in [0.2, 0.25) is 0 Å². The maximum atomic E-state index is 13.2. The highest BCUT2D eigenvalue weighted by molar-refractivity contribution is 8.13. The van der Waals surface area contributed by atoms with Crippen LogP contribution in [0.15, 0.2) is 18.2 Å². The van der Waals surface area contributed by atoms with E-state index in [1.165, 1.54) is 6.07 Å². The Hall–Kier alpha value is -0.810. The Kier molecular flexibility index (Phi) is 5.15. The van der Waals surface area contributed by atoms with Crippen molar-refractivity contribution in [2.45, 2.75) is 39.0 Å². The lowest BCUT2D eigenvalue weighted by atomic mass is 9.76. The Labute approximate surface area is 129 Å². The summed E-state index contributed by atoms with van der Waals surface area (Å²) in [6.45, 7) is 1.96. The SMILES string of the molecule is Cc1cc(OCC2(CS(=O)(=O)Cl)CCCCC2)ccc1F. The molecule has 118 valence electrons. The van der Waals surface area contributed by atoms with Gasteiger partial charge in [-0.1, -0.05) is 19.3 Å². The van der Waals surface area contributed by atoms with Crippen LogP contribution in [0.25, 0.3) is 0 Å². The zero-order valence-corrected chi connectivity index (χ0v) is 13.6. The quantitative estimate of drug-likeness (QED) is 0.763. The highest BCUT2D eigenvalue weighted by Crippen LogP contribution is 2.38. The molecule has 1 aliphatic rings. The van der Waals surface area contributed by atoms with Gasteiger partial charge in [-0.2, -0.15) is 0 Å². The van der Waals surface area contributed by atoms with Gasteiger partial charge in [0.1, 0.15) is 11.6 Å². The molecule has 21 heavy (non-hydrogen) atoms. The van der Waals surface area contributed by atoms with Gasteiger partial charge < -0.3 is 4.74 Å². The monoisotopic (exact) mass is 334 g/mol. The molecule has 0 unspecified atom stereocenters. The predicted molar refractivity (Wildman–Crippen MR) is 81.8 cm³/mol. The van der Waals surface area contributed by atoms with E-state index in [1.807, 2.05) is 0 Å². The number of aryl methyl sites for hydroxylation is 1. The van der Waals surface area contributed by atoms with Gasteiger partial charge in [-0.05, 0) is 43.5 Å². The van der Waals surface area contributed by atoms with Crippen LogP contribution in [0.1, 0.15) is 37.7 Å². The third kappa shape index (κ3) is 4.85. The second kappa shape index (κ2) is 6.53. The summed E-state index contributed by atoms with van der Waals surface area (Å²) in [5.74, 6) is 0.214. The van der Waals surface area contributed by atoms with Gasteiger partial charge in [0.15, 0.2) is 0 Å². The Balaban J connectivity index is 2.10. The molecule has 0 heterocycles. The van der Waals surface area contributed by atoms with Gasteiger partial charge in [0.05, 0.1) is 12.4 Å². The molecule has 0 bridgehead atoms. The van der Waals surface area contributed by atoms with Crippen LogP contribution in [0.3, 0.4) is 0 Å². The highest BCUT2D eigenvalue weighted by Gasteiger charge is 2.37. The number of ether oxygens (including phenoxy) is 1. The van der Waals surface area contributed by atoms with E-state index in [-0.39, 0.29) is 11.6 Å². The largest absolute Gasteiger partial charge is 0.493 e. The first-order valence-electron chi connectivity index (χ1n) is 7.11. The van der Waals surface area contributed by atoms with Gasteiger partial charge in [0, 0.05) is 16.1 Å². The highest BCUT2D eigenvalue weighted by atomic mass is 35.7. The number of halogens is 2. The van der Waals surface area contributed by atoms with E-state index in [0.717, 1.165) is 32.1 Å². The predicted octanol–water partition coefficient (Wildman–Crippen LogP) is 4.03. The molecule has 0 amide bonds. The molecule has 6 heteroatoms. The standard InChI is InChI=1S/C15H20ClFO3S/c1-12-9-13(5-6-14(12)17)20-10-15(11-21(16,18)19)7-3-2-4-8-15/h5-6,9H,2-4,7-8,10-11H2,1H3. The summed E-state index contributed by atoms with van der Waals surface area (Å²) in [4.78, 5) is 0. The molecule has 1 fully saturated rings. The van der Waals surface area contributed by atoms with E-state index in [1.54, 1.807) is 19.1 Å². The lowest BCUT2D eigenvalue weighted by Crippen LogP contribution is -2.36. The number of hydrogen-bond donors (Lipinski definition) is 0. The number of rotatable bonds is 5. The maximum Gasteiger partial charge on any atom is 0.233 e. The molecule has 0 spiro atoms. The Bertz CT molecular complexity index is 595. The van der Waals surface area contributed by atoms with Crippen molar-refractivity contribution in [3.63, 3.8) is 0 Å². The average molecular weight is 335 g/mol. The summed E-state index contributed by atoms with van der Waals surface area (Å²) >= 11 is 0. The number of hydrogen-bond acceptors (Lipinski definition) is 3. The normalized spacial score (nSPS) is 18.4. The molecule has 0 aromatic heterocycles.